The van der Waals surface area contributed by atoms with Gasteiger partial charge >= 0.3 is 5.97 Å². The summed E-state index contributed by atoms with van der Waals surface area (Å²) in [4.78, 5) is 13.3. The molecule has 6 heteroatoms. The van der Waals surface area contributed by atoms with Crippen molar-refractivity contribution in [2.75, 3.05) is 13.1 Å². The van der Waals surface area contributed by atoms with Crippen LogP contribution in [-0.4, -0.2) is 50.9 Å². The highest BCUT2D eigenvalue weighted by molar-refractivity contribution is 5.69. The third-order valence-corrected chi connectivity index (χ3v) is 5.85. The zero-order valence-corrected chi connectivity index (χ0v) is 15.8. The normalized spacial score (nSPS) is 22.0. The fraction of sp³-hybridized carbons (Fsp3) is 0.524. The van der Waals surface area contributed by atoms with Crippen LogP contribution in [0.3, 0.4) is 0 Å². The Balaban J connectivity index is 1.32. The number of hydrogen-bond donors (Lipinski definition) is 2. The van der Waals surface area contributed by atoms with Crippen LogP contribution in [0.25, 0.3) is 11.3 Å². The summed E-state index contributed by atoms with van der Waals surface area (Å²) in [6, 6.07) is 11.4. The van der Waals surface area contributed by atoms with E-state index in [2.05, 4.69) is 39.6 Å². The van der Waals surface area contributed by atoms with Crippen molar-refractivity contribution in [2.24, 2.45) is 13.0 Å². The van der Waals surface area contributed by atoms with Gasteiger partial charge in [0, 0.05) is 44.0 Å². The number of aryl methyl sites for hydroxylation is 1. The first-order valence-electron chi connectivity index (χ1n) is 9.85. The van der Waals surface area contributed by atoms with Gasteiger partial charge in [0.15, 0.2) is 0 Å². The molecule has 0 amide bonds. The number of benzene rings is 1. The van der Waals surface area contributed by atoms with E-state index in [4.69, 9.17) is 0 Å². The second-order valence-corrected chi connectivity index (χ2v) is 7.97. The Bertz CT molecular complexity index is 793. The summed E-state index contributed by atoms with van der Waals surface area (Å²) < 4.78 is 1.90. The molecule has 6 nitrogen and oxygen atoms in total. The molecular formula is C21H28N4O2. The molecular weight excluding hydrogens is 340 g/mol. The number of nitrogens with one attached hydrogen (secondary N) is 1. The van der Waals surface area contributed by atoms with E-state index in [9.17, 15) is 9.90 Å². The van der Waals surface area contributed by atoms with Gasteiger partial charge in [0.2, 0.25) is 0 Å². The number of nitrogens with zero attached hydrogens (tertiary/aromatic N) is 3. The highest BCUT2D eigenvalue weighted by Gasteiger charge is 2.36. The first-order chi connectivity index (χ1) is 13.1. The fourth-order valence-electron chi connectivity index (χ4n) is 4.02. The second kappa shape index (κ2) is 7.82. The number of aliphatic carboxylic acids is 1. The van der Waals surface area contributed by atoms with Crippen molar-refractivity contribution in [3.05, 3.63) is 42.1 Å². The van der Waals surface area contributed by atoms with E-state index in [0.29, 0.717) is 12.1 Å². The molecule has 144 valence electrons. The monoisotopic (exact) mass is 368 g/mol. The molecule has 1 heterocycles. The topological polar surface area (TPSA) is 70.4 Å². The maximum absolute atomic E-state index is 11.2. The Morgan fingerprint density at radius 3 is 2.74 bits per heavy atom. The van der Waals surface area contributed by atoms with Gasteiger partial charge in [0.25, 0.3) is 0 Å². The van der Waals surface area contributed by atoms with Crippen molar-refractivity contribution in [3.63, 3.8) is 0 Å². The minimum Gasteiger partial charge on any atom is -0.480 e. The number of aromatic nitrogens is 2. The average Bonchev–Trinajstić information content (AvgIpc) is 3.31. The van der Waals surface area contributed by atoms with Crippen LogP contribution in [0.4, 0.5) is 0 Å². The van der Waals surface area contributed by atoms with Crippen LogP contribution in [0.2, 0.25) is 0 Å². The lowest BCUT2D eigenvalue weighted by Crippen LogP contribution is -2.54. The standard InChI is InChI=1S/C21H28N4O2/c1-24-20(8-9-23-24)19-5-3-2-4-16(19)12-22-17-10-18(11-17)25(14-21(26)27)13-15-6-7-15/h2-5,8-9,15,17-18,22H,6-7,10-14H2,1H3,(H,26,27). The zero-order valence-electron chi connectivity index (χ0n) is 15.8. The van der Waals surface area contributed by atoms with E-state index in [-0.39, 0.29) is 6.54 Å². The molecule has 1 aromatic carbocycles. The van der Waals surface area contributed by atoms with Crippen LogP contribution in [0.1, 0.15) is 31.2 Å². The molecule has 0 atom stereocenters. The Morgan fingerprint density at radius 1 is 1.30 bits per heavy atom. The zero-order chi connectivity index (χ0) is 18.8. The molecule has 0 radical (unpaired) electrons. The number of carboxylic acids is 1. The summed E-state index contributed by atoms with van der Waals surface area (Å²) >= 11 is 0. The molecule has 2 N–H and O–H groups in total. The molecule has 2 aromatic rings. The van der Waals surface area contributed by atoms with Crippen molar-refractivity contribution in [1.82, 2.24) is 20.0 Å². The third kappa shape index (κ3) is 4.39. The summed E-state index contributed by atoms with van der Waals surface area (Å²) in [5.41, 5.74) is 3.60. The highest BCUT2D eigenvalue weighted by Crippen LogP contribution is 2.34. The summed E-state index contributed by atoms with van der Waals surface area (Å²) in [5, 5.41) is 17.1. The van der Waals surface area contributed by atoms with Crippen LogP contribution in [0.15, 0.2) is 36.5 Å². The van der Waals surface area contributed by atoms with Gasteiger partial charge in [0.05, 0.1) is 12.2 Å². The van der Waals surface area contributed by atoms with E-state index in [1.165, 1.54) is 24.0 Å². The third-order valence-electron chi connectivity index (χ3n) is 5.85. The molecule has 2 aliphatic rings. The Morgan fingerprint density at radius 2 is 2.07 bits per heavy atom. The highest BCUT2D eigenvalue weighted by atomic mass is 16.4. The van der Waals surface area contributed by atoms with E-state index < -0.39 is 5.97 Å². The van der Waals surface area contributed by atoms with Crippen LogP contribution in [0, 0.1) is 5.92 Å². The lowest BCUT2D eigenvalue weighted by atomic mass is 9.85. The molecule has 0 saturated heterocycles. The first-order valence-corrected chi connectivity index (χ1v) is 9.85. The predicted molar refractivity (Wildman–Crippen MR) is 104 cm³/mol. The maximum atomic E-state index is 11.2. The van der Waals surface area contributed by atoms with Crippen molar-refractivity contribution < 1.29 is 9.90 Å². The van der Waals surface area contributed by atoms with Crippen molar-refractivity contribution in [2.45, 2.75) is 44.3 Å². The summed E-state index contributed by atoms with van der Waals surface area (Å²) in [7, 11) is 1.97. The van der Waals surface area contributed by atoms with Gasteiger partial charge in [-0.25, -0.2) is 0 Å². The van der Waals surface area contributed by atoms with Gasteiger partial charge < -0.3 is 10.4 Å². The largest absolute Gasteiger partial charge is 0.480 e. The van der Waals surface area contributed by atoms with Crippen molar-refractivity contribution in [3.8, 4) is 11.3 Å². The van der Waals surface area contributed by atoms with Gasteiger partial charge in [0.1, 0.15) is 0 Å². The minimum atomic E-state index is -0.711. The molecule has 1 aromatic heterocycles. The Labute approximate surface area is 160 Å². The van der Waals surface area contributed by atoms with Crippen molar-refractivity contribution >= 4 is 5.97 Å². The molecule has 27 heavy (non-hydrogen) atoms. The molecule has 2 fully saturated rings. The lowest BCUT2D eigenvalue weighted by molar-refractivity contribution is -0.139. The molecule has 2 saturated carbocycles. The summed E-state index contributed by atoms with van der Waals surface area (Å²) in [6.45, 7) is 1.95. The number of carbonyl (C=O) groups is 1. The molecule has 0 spiro atoms. The second-order valence-electron chi connectivity index (χ2n) is 7.97. The van der Waals surface area contributed by atoms with E-state index in [0.717, 1.165) is 37.5 Å². The smallest absolute Gasteiger partial charge is 0.317 e. The predicted octanol–water partition coefficient (Wildman–Crippen LogP) is 2.50. The summed E-state index contributed by atoms with van der Waals surface area (Å²) in [6.07, 6.45) is 6.42. The molecule has 4 rings (SSSR count). The van der Waals surface area contributed by atoms with Gasteiger partial charge in [-0.15, -0.1) is 0 Å². The van der Waals surface area contributed by atoms with Crippen molar-refractivity contribution in [1.29, 1.82) is 0 Å². The number of rotatable bonds is 9. The van der Waals surface area contributed by atoms with Crippen LogP contribution in [0.5, 0.6) is 0 Å². The van der Waals surface area contributed by atoms with Gasteiger partial charge in [-0.1, -0.05) is 24.3 Å². The number of hydrogen-bond acceptors (Lipinski definition) is 4. The van der Waals surface area contributed by atoms with E-state index in [1.807, 2.05) is 24.0 Å². The van der Waals surface area contributed by atoms with Gasteiger partial charge in [-0.05, 0) is 43.2 Å². The molecule has 2 aliphatic carbocycles. The maximum Gasteiger partial charge on any atom is 0.317 e. The first kappa shape index (κ1) is 18.2. The van der Waals surface area contributed by atoms with E-state index in [1.54, 1.807) is 0 Å². The van der Waals surface area contributed by atoms with Crippen LogP contribution < -0.4 is 5.32 Å². The van der Waals surface area contributed by atoms with Crippen LogP contribution in [-0.2, 0) is 18.4 Å². The molecule has 0 unspecified atom stereocenters. The summed E-state index contributed by atoms with van der Waals surface area (Å²) in [5.74, 6) is 0.0132. The van der Waals surface area contributed by atoms with Gasteiger partial charge in [-0.2, -0.15) is 5.10 Å². The Hall–Kier alpha value is -2.18. The number of carboxylic acid groups (broad SMARTS) is 1. The Kier molecular flexibility index (Phi) is 5.27. The molecule has 0 bridgehead atoms. The molecule has 0 aliphatic heterocycles. The van der Waals surface area contributed by atoms with E-state index >= 15 is 0 Å². The SMILES string of the molecule is Cn1nccc1-c1ccccc1CNC1CC(N(CC(=O)O)CC2CC2)C1. The lowest BCUT2D eigenvalue weighted by Gasteiger charge is -2.43. The quantitative estimate of drug-likeness (QED) is 0.712. The average molecular weight is 368 g/mol. The minimum absolute atomic E-state index is 0.178. The van der Waals surface area contributed by atoms with Gasteiger partial charge in [-0.3, -0.25) is 14.4 Å². The fourth-order valence-corrected chi connectivity index (χ4v) is 4.02. The van der Waals surface area contributed by atoms with Crippen LogP contribution >= 0.6 is 0 Å².